The molecule has 1 aromatic carbocycles. The summed E-state index contributed by atoms with van der Waals surface area (Å²) in [5, 5.41) is 13.5. The first-order valence-corrected chi connectivity index (χ1v) is 12.1. The van der Waals surface area contributed by atoms with E-state index in [1.54, 1.807) is 30.3 Å². The molecular weight excluding hydrogens is 520 g/mol. The summed E-state index contributed by atoms with van der Waals surface area (Å²) in [6.45, 7) is 1.95. The fourth-order valence-electron chi connectivity index (χ4n) is 3.07. The van der Waals surface area contributed by atoms with Crippen molar-refractivity contribution < 1.29 is 42.7 Å². The van der Waals surface area contributed by atoms with Gasteiger partial charge in [-0.3, -0.25) is 30.0 Å². The molecule has 2 N–H and O–H groups in total. The van der Waals surface area contributed by atoms with Crippen molar-refractivity contribution in [1.82, 2.24) is 4.98 Å². The molecule has 14 heteroatoms. The number of aromatic nitrogens is 1. The Morgan fingerprint density at radius 2 is 1.40 bits per heavy atom. The van der Waals surface area contributed by atoms with E-state index in [1.807, 2.05) is 19.1 Å². The summed E-state index contributed by atoms with van der Waals surface area (Å²) in [6.07, 6.45) is 3.56. The van der Waals surface area contributed by atoms with Crippen molar-refractivity contribution in [2.45, 2.75) is 44.2 Å². The van der Waals surface area contributed by atoms with E-state index in [0.29, 0.717) is 12.0 Å². The summed E-state index contributed by atoms with van der Waals surface area (Å²) < 4.78 is 23.5. The van der Waals surface area contributed by atoms with Crippen molar-refractivity contribution in [2.75, 3.05) is 14.2 Å². The second kappa shape index (κ2) is 19.6. The molecule has 40 heavy (non-hydrogen) atoms. The molecule has 1 heterocycles. The number of carbonyl (C=O) groups excluding carboxylic acids is 4. The van der Waals surface area contributed by atoms with Gasteiger partial charge in [-0.1, -0.05) is 35.9 Å². The number of rotatable bonds is 16. The number of hydrogen-bond donors (Lipinski definition) is 2. The highest BCUT2D eigenvalue weighted by Gasteiger charge is 2.25. The maximum Gasteiger partial charge on any atom is 0.386 e. The number of hydrogen-bond acceptors (Lipinski definition) is 12. The molecule has 0 spiro atoms. The molecule has 2 atom stereocenters. The zero-order valence-corrected chi connectivity index (χ0v) is 22.5. The van der Waals surface area contributed by atoms with Crippen LogP contribution in [0.3, 0.4) is 0 Å². The van der Waals surface area contributed by atoms with Crippen LogP contribution in [-0.2, 0) is 33.2 Å². The number of ketones is 1. The number of ether oxygens (including phenoxy) is 3. The van der Waals surface area contributed by atoms with Gasteiger partial charge in [-0.15, -0.1) is 0 Å². The van der Waals surface area contributed by atoms with Crippen molar-refractivity contribution in [3.63, 3.8) is 0 Å². The van der Waals surface area contributed by atoms with E-state index in [-0.39, 0.29) is 37.3 Å². The lowest BCUT2D eigenvalue weighted by atomic mass is 9.76. The molecule has 0 saturated carbocycles. The molecule has 0 aliphatic rings. The first-order valence-electron chi connectivity index (χ1n) is 12.1. The normalized spacial score (nSPS) is 11.2. The van der Waals surface area contributed by atoms with Crippen LogP contribution in [0.15, 0.2) is 48.7 Å². The molecule has 12 nitrogen and oxygen atoms in total. The summed E-state index contributed by atoms with van der Waals surface area (Å²) >= 11 is 0. The van der Waals surface area contributed by atoms with E-state index in [1.165, 1.54) is 27.9 Å². The van der Waals surface area contributed by atoms with Crippen molar-refractivity contribution >= 4 is 51.5 Å². The fourth-order valence-corrected chi connectivity index (χ4v) is 3.07. The van der Waals surface area contributed by atoms with Crippen LogP contribution in [-0.4, -0.2) is 70.7 Å². The first-order chi connectivity index (χ1) is 19.2. The largest absolute Gasteiger partial charge is 0.555 e. The van der Waals surface area contributed by atoms with Gasteiger partial charge in [0, 0.05) is 30.7 Å². The molecule has 0 aliphatic heterocycles. The fraction of sp³-hybridized carbons (Fsp3) is 0.346. The molecule has 2 radical (unpaired) electrons. The molecule has 2 aromatic rings. The molecule has 0 saturated heterocycles. The minimum atomic E-state index is -0.738. The number of aryl methyl sites for hydroxylation is 1. The maximum absolute atomic E-state index is 12.0. The predicted octanol–water partition coefficient (Wildman–Crippen LogP) is 3.13. The third kappa shape index (κ3) is 13.4. The van der Waals surface area contributed by atoms with Crippen LogP contribution >= 0.6 is 0 Å². The summed E-state index contributed by atoms with van der Waals surface area (Å²) in [7, 11) is 4.86. The topological polar surface area (TPSA) is 175 Å². The van der Waals surface area contributed by atoms with Crippen LogP contribution in [0.4, 0.5) is 0 Å². The highest BCUT2D eigenvalue weighted by Crippen LogP contribution is 2.18. The molecule has 2 rings (SSSR count). The van der Waals surface area contributed by atoms with Gasteiger partial charge in [-0.25, -0.2) is 4.98 Å². The van der Waals surface area contributed by atoms with E-state index >= 15 is 0 Å². The van der Waals surface area contributed by atoms with Gasteiger partial charge < -0.3 is 23.5 Å². The van der Waals surface area contributed by atoms with E-state index in [2.05, 4.69) is 23.8 Å². The van der Waals surface area contributed by atoms with Gasteiger partial charge in [0.15, 0.2) is 5.78 Å². The van der Waals surface area contributed by atoms with E-state index < -0.39 is 29.5 Å². The standard InChI is InChI=1S/C14H17BNO4.C12H14BN2O5/c1-10-3-5-11(6-4-10)13(17)8-7-12(14(18)19-2)15-20-9-16;1-18-12(17)9(13-19-8-14)5-6-11(16)20-10-4-2-3-7-15-10/h3-6,9,12,16H,7-8H2,1-2H3;2-4,7-9,14H,5-6H2,1H3/t12-;9-/m00/s1. The Kier molecular flexibility index (Phi) is 16.4. The van der Waals surface area contributed by atoms with E-state index in [4.69, 9.17) is 15.6 Å². The average Bonchev–Trinajstić information content (AvgIpc) is 2.97. The Labute approximate surface area is 234 Å². The SMILES string of the molecule is COC(=O)[C@@H]([B]OC=N)CCC(=O)Oc1ccccn1.COC(=O)[C@@H]([B]OC=N)CCC(=O)c1ccc(C)cc1. The number of esters is 3. The Bertz CT molecular complexity index is 1100. The number of nitrogens with zero attached hydrogens (tertiary/aromatic N) is 1. The molecule has 0 fully saturated rings. The lowest BCUT2D eigenvalue weighted by molar-refractivity contribution is -0.142. The second-order valence-electron chi connectivity index (χ2n) is 8.05. The second-order valence-corrected chi connectivity index (χ2v) is 8.05. The number of nitrogens with one attached hydrogen (secondary N) is 2. The van der Waals surface area contributed by atoms with Crippen LogP contribution in [0.1, 0.15) is 41.6 Å². The summed E-state index contributed by atoms with van der Waals surface area (Å²) in [6, 6.07) is 12.2. The molecule has 210 valence electrons. The zero-order valence-electron chi connectivity index (χ0n) is 22.5. The van der Waals surface area contributed by atoms with Crippen LogP contribution in [0.25, 0.3) is 0 Å². The third-order valence-corrected chi connectivity index (χ3v) is 5.20. The molecule has 0 unspecified atom stereocenters. The van der Waals surface area contributed by atoms with Gasteiger partial charge in [-0.2, -0.15) is 0 Å². The highest BCUT2D eigenvalue weighted by molar-refractivity contribution is 6.39. The smallest absolute Gasteiger partial charge is 0.386 e. The number of pyridine rings is 1. The minimum absolute atomic E-state index is 0.00575. The summed E-state index contributed by atoms with van der Waals surface area (Å²) in [5.74, 6) is -2.77. The van der Waals surface area contributed by atoms with E-state index in [0.717, 1.165) is 19.4 Å². The Morgan fingerprint density at radius 1 is 0.850 bits per heavy atom. The molecule has 1 aromatic heterocycles. The van der Waals surface area contributed by atoms with E-state index in [9.17, 15) is 19.2 Å². The number of Topliss-reactive ketones (excluding diaryl/α,β-unsaturated/α-hetero) is 1. The van der Waals surface area contributed by atoms with Gasteiger partial charge >= 0.3 is 32.9 Å². The molecular formula is C26H31B2N3O9. The lowest BCUT2D eigenvalue weighted by Gasteiger charge is -2.11. The van der Waals surface area contributed by atoms with Gasteiger partial charge in [0.2, 0.25) is 5.88 Å². The summed E-state index contributed by atoms with van der Waals surface area (Å²) in [5.41, 5.74) is 1.70. The van der Waals surface area contributed by atoms with Crippen LogP contribution < -0.4 is 4.74 Å². The Balaban J connectivity index is 0.000000400. The minimum Gasteiger partial charge on any atom is -0.555 e. The lowest BCUT2D eigenvalue weighted by Crippen LogP contribution is -2.21. The van der Waals surface area contributed by atoms with Crippen molar-refractivity contribution in [1.29, 1.82) is 10.8 Å². The Morgan fingerprint density at radius 3 is 1.88 bits per heavy atom. The number of methoxy groups -OCH3 is 2. The third-order valence-electron chi connectivity index (χ3n) is 5.20. The predicted molar refractivity (Wildman–Crippen MR) is 147 cm³/mol. The number of carbonyl (C=O) groups is 4. The maximum atomic E-state index is 12.0. The number of benzene rings is 1. The van der Waals surface area contributed by atoms with Crippen molar-refractivity contribution in [3.05, 3.63) is 59.8 Å². The molecule has 0 bridgehead atoms. The molecule has 0 aliphatic carbocycles. The average molecular weight is 551 g/mol. The molecule has 0 amide bonds. The van der Waals surface area contributed by atoms with Crippen LogP contribution in [0, 0.1) is 17.7 Å². The Hall–Kier alpha value is -4.48. The van der Waals surface area contributed by atoms with Crippen molar-refractivity contribution in [2.24, 2.45) is 0 Å². The van der Waals surface area contributed by atoms with Gasteiger partial charge in [0.05, 0.1) is 25.9 Å². The van der Waals surface area contributed by atoms with Gasteiger partial charge in [-0.05, 0) is 25.8 Å². The van der Waals surface area contributed by atoms with Gasteiger partial charge in [0.1, 0.15) is 12.8 Å². The zero-order chi connectivity index (χ0) is 29.8. The van der Waals surface area contributed by atoms with Crippen LogP contribution in [0.2, 0.25) is 11.6 Å². The monoisotopic (exact) mass is 551 g/mol. The van der Waals surface area contributed by atoms with Gasteiger partial charge in [0.25, 0.3) is 0 Å². The first kappa shape index (κ1) is 33.5. The summed E-state index contributed by atoms with van der Waals surface area (Å²) in [4.78, 5) is 50.3. The highest BCUT2D eigenvalue weighted by atomic mass is 16.5. The van der Waals surface area contributed by atoms with Crippen molar-refractivity contribution in [3.8, 4) is 5.88 Å². The quantitative estimate of drug-likeness (QED) is 0.104. The van der Waals surface area contributed by atoms with Crippen LogP contribution in [0.5, 0.6) is 5.88 Å².